The predicted octanol–water partition coefficient (Wildman–Crippen LogP) is 6.14. The summed E-state index contributed by atoms with van der Waals surface area (Å²) in [5.41, 5.74) is 0.946. The van der Waals surface area contributed by atoms with Crippen molar-refractivity contribution in [1.82, 2.24) is 10.0 Å². The van der Waals surface area contributed by atoms with E-state index in [1.807, 2.05) is 6.07 Å². The average Bonchev–Trinajstić information content (AvgIpc) is 2.84. The normalized spacial score (nSPS) is 12.3. The summed E-state index contributed by atoms with van der Waals surface area (Å²) in [5, 5.41) is 1.42. The van der Waals surface area contributed by atoms with Crippen molar-refractivity contribution in [2.24, 2.45) is 5.92 Å². The smallest absolute Gasteiger partial charge is 0.439 e. The number of alkyl halides is 3. The molecular weight excluding hydrogens is 545 g/mol. The lowest BCUT2D eigenvalue weighted by atomic mass is 10.0. The van der Waals surface area contributed by atoms with Crippen LogP contribution in [0.1, 0.15) is 71.5 Å². The number of aryl methyl sites for hydroxylation is 2. The van der Waals surface area contributed by atoms with E-state index in [2.05, 4.69) is 0 Å². The van der Waals surface area contributed by atoms with Gasteiger partial charge in [0, 0.05) is 16.7 Å². The molecule has 3 amide bonds. The monoisotopic (exact) mass is 580 g/mol. The fourth-order valence-corrected chi connectivity index (χ4v) is 4.12. The lowest BCUT2D eigenvalue weighted by Gasteiger charge is -2.41. The van der Waals surface area contributed by atoms with Gasteiger partial charge in [0.2, 0.25) is 6.79 Å². The van der Waals surface area contributed by atoms with Gasteiger partial charge in [-0.2, -0.15) is 13.2 Å². The van der Waals surface area contributed by atoms with Gasteiger partial charge in [-0.05, 0) is 65.8 Å². The van der Waals surface area contributed by atoms with Crippen LogP contribution in [-0.2, 0) is 14.3 Å². The number of carbonyl (C=O) groups is 4. The molecule has 0 N–H and O–H groups in total. The Hall–Kier alpha value is -4.09. The van der Waals surface area contributed by atoms with E-state index < -0.39 is 54.7 Å². The van der Waals surface area contributed by atoms with E-state index in [0.717, 1.165) is 23.1 Å². The van der Waals surface area contributed by atoms with Gasteiger partial charge >= 0.3 is 18.2 Å². The van der Waals surface area contributed by atoms with Crippen molar-refractivity contribution in [1.29, 1.82) is 0 Å². The van der Waals surface area contributed by atoms with Crippen molar-refractivity contribution in [2.45, 2.75) is 66.6 Å². The molecule has 0 spiro atoms. The molecule has 0 fully saturated rings. The topological polar surface area (TPSA) is 102 Å². The highest BCUT2D eigenvalue weighted by Crippen LogP contribution is 2.28. The highest BCUT2D eigenvalue weighted by molar-refractivity contribution is 6.07. The van der Waals surface area contributed by atoms with E-state index in [1.165, 1.54) is 19.2 Å². The first-order valence-electron chi connectivity index (χ1n) is 12.7. The molecule has 0 heterocycles. The number of esters is 1. The first kappa shape index (κ1) is 33.1. The second kappa shape index (κ2) is 13.0. The third-order valence-corrected chi connectivity index (χ3v) is 5.92. The zero-order chi connectivity index (χ0) is 31.3. The summed E-state index contributed by atoms with van der Waals surface area (Å²) in [6.07, 6.45) is -7.42. The Morgan fingerprint density at radius 1 is 0.902 bits per heavy atom. The molecular formula is C29H35F3N2O7. The first-order chi connectivity index (χ1) is 18.9. The van der Waals surface area contributed by atoms with Gasteiger partial charge in [0.05, 0.1) is 25.0 Å². The number of hydrogen-bond donors (Lipinski definition) is 0. The number of amides is 3. The van der Waals surface area contributed by atoms with Gasteiger partial charge in [0.25, 0.3) is 11.8 Å². The van der Waals surface area contributed by atoms with Crippen LogP contribution in [0, 0.1) is 26.7 Å². The van der Waals surface area contributed by atoms with Crippen molar-refractivity contribution in [3.8, 4) is 5.75 Å². The summed E-state index contributed by atoms with van der Waals surface area (Å²) in [7, 11) is 1.40. The highest BCUT2D eigenvalue weighted by Gasteiger charge is 2.42. The second-order valence-corrected chi connectivity index (χ2v) is 10.6. The molecule has 2 aromatic carbocycles. The Labute approximate surface area is 237 Å². The molecule has 1 unspecified atom stereocenters. The number of methoxy groups -OCH3 is 1. The zero-order valence-corrected chi connectivity index (χ0v) is 24.3. The van der Waals surface area contributed by atoms with E-state index in [9.17, 15) is 32.3 Å². The zero-order valence-electron chi connectivity index (χ0n) is 24.3. The Kier molecular flexibility index (Phi) is 10.5. The van der Waals surface area contributed by atoms with E-state index >= 15 is 0 Å². The van der Waals surface area contributed by atoms with Gasteiger partial charge in [-0.25, -0.2) is 9.80 Å². The Morgan fingerprint density at radius 3 is 2.00 bits per heavy atom. The third kappa shape index (κ3) is 8.70. The van der Waals surface area contributed by atoms with Crippen molar-refractivity contribution in [3.63, 3.8) is 0 Å². The van der Waals surface area contributed by atoms with Gasteiger partial charge in [-0.3, -0.25) is 14.4 Å². The molecule has 41 heavy (non-hydrogen) atoms. The fourth-order valence-electron chi connectivity index (χ4n) is 4.12. The van der Waals surface area contributed by atoms with E-state index in [1.54, 1.807) is 59.7 Å². The lowest BCUT2D eigenvalue weighted by molar-refractivity contribution is -0.172. The second-order valence-electron chi connectivity index (χ2n) is 10.6. The molecule has 0 bridgehead atoms. The van der Waals surface area contributed by atoms with Crippen molar-refractivity contribution < 1.29 is 46.6 Å². The minimum Gasteiger partial charge on any atom is -0.496 e. The van der Waals surface area contributed by atoms with Crippen molar-refractivity contribution in [3.05, 3.63) is 64.2 Å². The molecule has 0 radical (unpaired) electrons. The van der Waals surface area contributed by atoms with Crippen LogP contribution in [-0.4, -0.2) is 59.5 Å². The summed E-state index contributed by atoms with van der Waals surface area (Å²) >= 11 is 0. The SMILES string of the molecule is COc1cccc(C(=O)N(C(=O)OCOC(=O)C(C)CC(F)(F)F)N(C(=O)c2cc(C)cc(C)c2)C(C)(C)C)c1C. The number of nitrogens with zero attached hydrogens (tertiary/aromatic N) is 2. The van der Waals surface area contributed by atoms with E-state index in [0.29, 0.717) is 16.3 Å². The number of imide groups is 1. The molecule has 0 aromatic heterocycles. The number of rotatable bonds is 7. The molecule has 224 valence electrons. The van der Waals surface area contributed by atoms with Crippen LogP contribution < -0.4 is 4.74 Å². The molecule has 0 aliphatic heterocycles. The van der Waals surface area contributed by atoms with Crippen LogP contribution >= 0.6 is 0 Å². The molecule has 0 saturated carbocycles. The standard InChI is InChI=1S/C29H35F3N2O7/c1-17-12-18(2)14-21(13-17)24(35)34(28(5,6)7)33(25(36)22-10-9-11-23(39-8)20(22)4)27(38)41-16-40-26(37)19(3)15-29(30,31)32/h9-14,19H,15-16H2,1-8H3. The maximum Gasteiger partial charge on any atom is 0.439 e. The van der Waals surface area contributed by atoms with E-state index in [4.69, 9.17) is 14.2 Å². The van der Waals surface area contributed by atoms with Gasteiger partial charge in [-0.15, -0.1) is 5.01 Å². The number of carbonyl (C=O) groups excluding carboxylic acids is 4. The van der Waals surface area contributed by atoms with Gasteiger partial charge in [0.15, 0.2) is 0 Å². The minimum absolute atomic E-state index is 0.0135. The summed E-state index contributed by atoms with van der Waals surface area (Å²) in [6, 6.07) is 9.62. The molecule has 2 rings (SSSR count). The Bertz CT molecular complexity index is 1280. The molecule has 0 aliphatic rings. The number of halogens is 3. The predicted molar refractivity (Wildman–Crippen MR) is 143 cm³/mol. The van der Waals surface area contributed by atoms with Crippen LogP contribution in [0.5, 0.6) is 5.75 Å². The van der Waals surface area contributed by atoms with Crippen LogP contribution in [0.25, 0.3) is 0 Å². The number of benzene rings is 2. The maximum absolute atomic E-state index is 13.9. The summed E-state index contributed by atoms with van der Waals surface area (Å²) in [6.45, 7) is 9.88. The van der Waals surface area contributed by atoms with Crippen molar-refractivity contribution >= 4 is 23.9 Å². The van der Waals surface area contributed by atoms with Crippen LogP contribution in [0.4, 0.5) is 18.0 Å². The van der Waals surface area contributed by atoms with Gasteiger partial charge in [-0.1, -0.05) is 30.2 Å². The summed E-state index contributed by atoms with van der Waals surface area (Å²) in [4.78, 5) is 53.3. The molecule has 1 atom stereocenters. The summed E-state index contributed by atoms with van der Waals surface area (Å²) in [5.74, 6) is -4.11. The molecule has 2 aromatic rings. The molecule has 0 saturated heterocycles. The minimum atomic E-state index is -4.60. The number of hydrazine groups is 1. The van der Waals surface area contributed by atoms with Crippen LogP contribution in [0.3, 0.4) is 0 Å². The number of hydrogen-bond acceptors (Lipinski definition) is 7. The summed E-state index contributed by atoms with van der Waals surface area (Å²) < 4.78 is 53.0. The molecule has 9 nitrogen and oxygen atoms in total. The van der Waals surface area contributed by atoms with Crippen LogP contribution in [0.15, 0.2) is 36.4 Å². The number of ether oxygens (including phenoxy) is 3. The largest absolute Gasteiger partial charge is 0.496 e. The van der Waals surface area contributed by atoms with E-state index in [-0.39, 0.29) is 11.1 Å². The Balaban J connectivity index is 2.52. The third-order valence-electron chi connectivity index (χ3n) is 5.92. The highest BCUT2D eigenvalue weighted by atomic mass is 19.4. The fraction of sp³-hybridized carbons (Fsp3) is 0.448. The average molecular weight is 581 g/mol. The first-order valence-corrected chi connectivity index (χ1v) is 12.7. The van der Waals surface area contributed by atoms with Crippen LogP contribution in [0.2, 0.25) is 0 Å². The quantitative estimate of drug-likeness (QED) is 0.220. The molecule has 0 aliphatic carbocycles. The maximum atomic E-state index is 13.9. The molecule has 12 heteroatoms. The Morgan fingerprint density at radius 2 is 1.49 bits per heavy atom. The van der Waals surface area contributed by atoms with Gasteiger partial charge < -0.3 is 14.2 Å². The van der Waals surface area contributed by atoms with Crippen molar-refractivity contribution in [2.75, 3.05) is 13.9 Å². The lowest BCUT2D eigenvalue weighted by Crippen LogP contribution is -2.60. The van der Waals surface area contributed by atoms with Gasteiger partial charge in [0.1, 0.15) is 5.75 Å².